The Labute approximate surface area is 110 Å². The molecule has 0 bridgehead atoms. The zero-order chi connectivity index (χ0) is 13.3. The van der Waals surface area contributed by atoms with E-state index in [2.05, 4.69) is 9.98 Å². The fraction of sp³-hybridized carbons (Fsp3) is 0.200. The molecule has 0 N–H and O–H groups in total. The molecule has 0 saturated carbocycles. The minimum atomic E-state index is -1.79. The van der Waals surface area contributed by atoms with Crippen molar-refractivity contribution in [2.24, 2.45) is 4.99 Å². The third-order valence-electron chi connectivity index (χ3n) is 2.91. The Morgan fingerprint density at radius 2 is 1.95 bits per heavy atom. The van der Waals surface area contributed by atoms with Crippen LogP contribution in [0.5, 0.6) is 0 Å². The number of aliphatic imine (C=N–C) groups is 1. The normalized spacial score (nSPS) is 21.9. The highest BCUT2D eigenvalue weighted by atomic mass is 19.2. The zero-order valence-corrected chi connectivity index (χ0v) is 10.5. The number of nitrogens with zero attached hydrogens (tertiary/aromatic N) is 2. The first-order chi connectivity index (χ1) is 9.14. The van der Waals surface area contributed by atoms with E-state index in [4.69, 9.17) is 4.74 Å². The van der Waals surface area contributed by atoms with Crippen molar-refractivity contribution >= 4 is 11.7 Å². The molecule has 0 saturated heterocycles. The molecule has 2 aromatic rings. The number of fused-ring (bicyclic) bond motifs is 1. The minimum absolute atomic E-state index is 0.135. The summed E-state index contributed by atoms with van der Waals surface area (Å²) in [7, 11) is 0. The van der Waals surface area contributed by atoms with E-state index in [0.717, 1.165) is 11.1 Å². The minimum Gasteiger partial charge on any atom is -0.440 e. The van der Waals surface area contributed by atoms with E-state index in [1.54, 1.807) is 12.3 Å². The van der Waals surface area contributed by atoms with Crippen LogP contribution >= 0.6 is 0 Å². The second-order valence-corrected chi connectivity index (χ2v) is 4.65. The average molecular weight is 256 g/mol. The summed E-state index contributed by atoms with van der Waals surface area (Å²) in [6.45, 7) is 1.41. The summed E-state index contributed by atoms with van der Waals surface area (Å²) in [6.07, 6.45) is 1.78. The molecule has 1 atom stereocenters. The number of alkyl halides is 1. The summed E-state index contributed by atoms with van der Waals surface area (Å²) in [6, 6.07) is 12.9. The largest absolute Gasteiger partial charge is 0.440 e. The number of hydrogen-bond acceptors (Lipinski definition) is 3. The van der Waals surface area contributed by atoms with Crippen LogP contribution in [0.3, 0.4) is 0 Å². The maximum absolute atomic E-state index is 14.4. The predicted octanol–water partition coefficient (Wildman–Crippen LogP) is 3.42. The van der Waals surface area contributed by atoms with E-state index in [9.17, 15) is 4.39 Å². The van der Waals surface area contributed by atoms with Crippen LogP contribution in [0, 0.1) is 0 Å². The molecule has 0 amide bonds. The maximum Gasteiger partial charge on any atom is 0.251 e. The Hall–Kier alpha value is -2.23. The van der Waals surface area contributed by atoms with Crippen molar-refractivity contribution in [2.75, 3.05) is 0 Å². The lowest BCUT2D eigenvalue weighted by atomic mass is 10.1. The Morgan fingerprint density at radius 3 is 2.74 bits per heavy atom. The molecular weight excluding hydrogens is 243 g/mol. The van der Waals surface area contributed by atoms with Crippen molar-refractivity contribution in [3.8, 4) is 0 Å². The maximum atomic E-state index is 14.4. The van der Waals surface area contributed by atoms with Gasteiger partial charge < -0.3 is 4.74 Å². The van der Waals surface area contributed by atoms with Gasteiger partial charge in [-0.15, -0.1) is 0 Å². The molecule has 0 unspecified atom stereocenters. The second kappa shape index (κ2) is 4.46. The van der Waals surface area contributed by atoms with Gasteiger partial charge in [-0.25, -0.2) is 4.98 Å². The number of aromatic nitrogens is 1. The number of ether oxygens (including phenoxy) is 1. The first-order valence-corrected chi connectivity index (χ1v) is 6.10. The van der Waals surface area contributed by atoms with Gasteiger partial charge in [0.05, 0.1) is 0 Å². The van der Waals surface area contributed by atoms with Gasteiger partial charge in [-0.3, -0.25) is 0 Å². The molecule has 1 aliphatic heterocycles. The molecule has 3 rings (SSSR count). The topological polar surface area (TPSA) is 34.5 Å². The van der Waals surface area contributed by atoms with E-state index >= 15 is 0 Å². The first kappa shape index (κ1) is 11.8. The van der Waals surface area contributed by atoms with Crippen LogP contribution in [0.1, 0.15) is 18.1 Å². The van der Waals surface area contributed by atoms with Crippen molar-refractivity contribution < 1.29 is 9.13 Å². The van der Waals surface area contributed by atoms with Gasteiger partial charge in [0.1, 0.15) is 0 Å². The lowest BCUT2D eigenvalue weighted by molar-refractivity contribution is -0.0528. The van der Waals surface area contributed by atoms with Gasteiger partial charge in [-0.1, -0.05) is 24.3 Å². The Balaban J connectivity index is 2.12. The molecule has 4 heteroatoms. The molecule has 0 aliphatic carbocycles. The number of hydrogen-bond donors (Lipinski definition) is 0. The van der Waals surface area contributed by atoms with Gasteiger partial charge in [0.2, 0.25) is 5.90 Å². The molecule has 0 radical (unpaired) electrons. The first-order valence-electron chi connectivity index (χ1n) is 6.10. The Kier molecular flexibility index (Phi) is 2.78. The molecule has 1 aromatic heterocycles. The van der Waals surface area contributed by atoms with Crippen LogP contribution in [-0.4, -0.2) is 16.7 Å². The van der Waals surface area contributed by atoms with Crippen molar-refractivity contribution in [2.45, 2.75) is 19.2 Å². The molecule has 19 heavy (non-hydrogen) atoms. The van der Waals surface area contributed by atoms with Crippen LogP contribution in [-0.2, 0) is 11.2 Å². The van der Waals surface area contributed by atoms with Gasteiger partial charge in [0.25, 0.3) is 5.85 Å². The molecule has 1 aliphatic rings. The second-order valence-electron chi connectivity index (χ2n) is 4.65. The third-order valence-corrected chi connectivity index (χ3v) is 2.91. The molecule has 0 spiro atoms. The third kappa shape index (κ3) is 2.47. The molecule has 2 heterocycles. The van der Waals surface area contributed by atoms with E-state index in [0.29, 0.717) is 5.82 Å². The molecule has 1 aromatic carbocycles. The predicted molar refractivity (Wildman–Crippen MR) is 71.2 cm³/mol. The summed E-state index contributed by atoms with van der Waals surface area (Å²) in [5.74, 6) is -1.01. The number of halogens is 1. The number of pyridine rings is 1. The SMILES string of the molecule is C[C@]1(F)Cc2cccnc2N=C(c2ccccc2)O1. The molecule has 0 fully saturated rings. The number of benzene rings is 1. The summed E-state index contributed by atoms with van der Waals surface area (Å²) in [5, 5.41) is 0. The summed E-state index contributed by atoms with van der Waals surface area (Å²) < 4.78 is 19.8. The Bertz CT molecular complexity index is 623. The van der Waals surface area contributed by atoms with Crippen molar-refractivity contribution in [1.29, 1.82) is 0 Å². The van der Waals surface area contributed by atoms with Crippen molar-refractivity contribution in [1.82, 2.24) is 4.98 Å². The van der Waals surface area contributed by atoms with Gasteiger partial charge >= 0.3 is 0 Å². The van der Waals surface area contributed by atoms with Crippen LogP contribution in [0.25, 0.3) is 0 Å². The van der Waals surface area contributed by atoms with Crippen LogP contribution in [0.2, 0.25) is 0 Å². The van der Waals surface area contributed by atoms with Gasteiger partial charge in [0.15, 0.2) is 5.82 Å². The van der Waals surface area contributed by atoms with Crippen molar-refractivity contribution in [3.05, 3.63) is 59.8 Å². The van der Waals surface area contributed by atoms with E-state index in [1.807, 2.05) is 36.4 Å². The smallest absolute Gasteiger partial charge is 0.251 e. The summed E-state index contributed by atoms with van der Waals surface area (Å²) in [4.78, 5) is 8.53. The molecule has 3 nitrogen and oxygen atoms in total. The van der Waals surface area contributed by atoms with E-state index in [-0.39, 0.29) is 12.3 Å². The van der Waals surface area contributed by atoms with Gasteiger partial charge in [-0.05, 0) is 18.2 Å². The fourth-order valence-corrected chi connectivity index (χ4v) is 2.07. The average Bonchev–Trinajstić information content (AvgIpc) is 2.54. The highest BCUT2D eigenvalue weighted by Gasteiger charge is 2.32. The van der Waals surface area contributed by atoms with Crippen molar-refractivity contribution in [3.63, 3.8) is 0 Å². The highest BCUT2D eigenvalue weighted by molar-refractivity contribution is 5.96. The summed E-state index contributed by atoms with van der Waals surface area (Å²) >= 11 is 0. The fourth-order valence-electron chi connectivity index (χ4n) is 2.07. The molecule has 96 valence electrons. The van der Waals surface area contributed by atoms with E-state index in [1.165, 1.54) is 6.92 Å². The van der Waals surface area contributed by atoms with Crippen LogP contribution in [0.15, 0.2) is 53.7 Å². The van der Waals surface area contributed by atoms with Gasteiger partial charge in [0, 0.05) is 30.7 Å². The Morgan fingerprint density at radius 1 is 1.16 bits per heavy atom. The van der Waals surface area contributed by atoms with E-state index < -0.39 is 5.85 Å². The standard InChI is InChI=1S/C15H13FN2O/c1-15(16)10-12-8-5-9-17-13(12)18-14(19-15)11-6-3-2-4-7-11/h2-9H,10H2,1H3/t15-/m1/s1. The monoisotopic (exact) mass is 256 g/mol. The van der Waals surface area contributed by atoms with Crippen LogP contribution in [0.4, 0.5) is 10.2 Å². The lowest BCUT2D eigenvalue weighted by Crippen LogP contribution is -2.28. The quantitative estimate of drug-likeness (QED) is 0.783. The zero-order valence-electron chi connectivity index (χ0n) is 10.5. The number of rotatable bonds is 1. The van der Waals surface area contributed by atoms with Crippen LogP contribution < -0.4 is 0 Å². The summed E-state index contributed by atoms with van der Waals surface area (Å²) in [5.41, 5.74) is 1.49. The van der Waals surface area contributed by atoms with Gasteiger partial charge in [-0.2, -0.15) is 9.38 Å². The highest BCUT2D eigenvalue weighted by Crippen LogP contribution is 2.30. The molecular formula is C15H13FN2O. The lowest BCUT2D eigenvalue weighted by Gasteiger charge is -2.20.